The van der Waals surface area contributed by atoms with Crippen molar-refractivity contribution in [3.05, 3.63) is 35.9 Å². The lowest BCUT2D eigenvalue weighted by molar-refractivity contribution is -0.151. The van der Waals surface area contributed by atoms with Crippen LogP contribution in [0.2, 0.25) is 0 Å². The van der Waals surface area contributed by atoms with Crippen LogP contribution in [0.25, 0.3) is 0 Å². The fourth-order valence-electron chi connectivity index (χ4n) is 2.19. The summed E-state index contributed by atoms with van der Waals surface area (Å²) in [6, 6.07) is 7.76. The molecule has 7 nitrogen and oxygen atoms in total. The lowest BCUT2D eigenvalue weighted by Gasteiger charge is -2.16. The van der Waals surface area contributed by atoms with Crippen LogP contribution >= 0.6 is 0 Å². The number of carbonyl (C=O) groups excluding carboxylic acids is 2. The van der Waals surface area contributed by atoms with Gasteiger partial charge in [0.15, 0.2) is 0 Å². The van der Waals surface area contributed by atoms with Crippen molar-refractivity contribution < 1.29 is 29.0 Å². The maximum Gasteiger partial charge on any atom is 0.326 e. The molecule has 1 aromatic carbocycles. The molecule has 1 aliphatic heterocycles. The van der Waals surface area contributed by atoms with Crippen LogP contribution in [0.3, 0.4) is 0 Å². The number of aliphatic carboxylic acids is 1. The highest BCUT2D eigenvalue weighted by atomic mass is 16.5. The Labute approximate surface area is 133 Å². The van der Waals surface area contributed by atoms with Crippen LogP contribution in [0.5, 0.6) is 0 Å². The lowest BCUT2D eigenvalue weighted by Crippen LogP contribution is -2.45. The van der Waals surface area contributed by atoms with Gasteiger partial charge in [-0.3, -0.25) is 9.59 Å². The SMILES string of the molecule is O=C(C[C@@H](NC(=O)[C@H]1CCOC1)C(=O)O)OCc1ccccc1. The predicted octanol–water partition coefficient (Wildman–Crippen LogP) is 0.726. The van der Waals surface area contributed by atoms with Gasteiger partial charge in [-0.1, -0.05) is 30.3 Å². The molecule has 124 valence electrons. The summed E-state index contributed by atoms with van der Waals surface area (Å²) in [5.74, 6) is -2.72. The topological polar surface area (TPSA) is 102 Å². The molecule has 0 spiro atoms. The number of rotatable bonds is 7. The minimum absolute atomic E-state index is 0.0659. The lowest BCUT2D eigenvalue weighted by atomic mass is 10.1. The van der Waals surface area contributed by atoms with Crippen LogP contribution in [0.1, 0.15) is 18.4 Å². The summed E-state index contributed by atoms with van der Waals surface area (Å²) in [7, 11) is 0. The molecule has 0 aromatic heterocycles. The zero-order valence-corrected chi connectivity index (χ0v) is 12.6. The van der Waals surface area contributed by atoms with Gasteiger partial charge in [-0.15, -0.1) is 0 Å². The number of esters is 1. The number of amides is 1. The molecule has 0 unspecified atom stereocenters. The van der Waals surface area contributed by atoms with Crippen LogP contribution in [-0.4, -0.2) is 42.2 Å². The quantitative estimate of drug-likeness (QED) is 0.718. The highest BCUT2D eigenvalue weighted by Gasteiger charge is 2.29. The molecule has 0 radical (unpaired) electrons. The molecule has 2 atom stereocenters. The van der Waals surface area contributed by atoms with E-state index >= 15 is 0 Å². The van der Waals surface area contributed by atoms with E-state index in [0.717, 1.165) is 5.56 Å². The number of ether oxygens (including phenoxy) is 2. The summed E-state index contributed by atoms with van der Waals surface area (Å²) in [6.45, 7) is 0.821. The first-order valence-corrected chi connectivity index (χ1v) is 7.36. The predicted molar refractivity (Wildman–Crippen MR) is 79.3 cm³/mol. The third-order valence-electron chi connectivity index (χ3n) is 3.53. The molecule has 1 heterocycles. The van der Waals surface area contributed by atoms with Gasteiger partial charge in [0.2, 0.25) is 5.91 Å². The summed E-state index contributed by atoms with van der Waals surface area (Å²) in [4.78, 5) is 34.9. The van der Waals surface area contributed by atoms with Crippen molar-refractivity contribution in [3.8, 4) is 0 Å². The molecule has 1 saturated heterocycles. The fourth-order valence-corrected chi connectivity index (χ4v) is 2.19. The molecule has 7 heteroatoms. The molecule has 2 N–H and O–H groups in total. The molecule has 1 amide bonds. The third kappa shape index (κ3) is 5.37. The van der Waals surface area contributed by atoms with Crippen molar-refractivity contribution in [2.45, 2.75) is 25.5 Å². The maximum absolute atomic E-state index is 11.9. The third-order valence-corrected chi connectivity index (χ3v) is 3.53. The second kappa shape index (κ2) is 8.28. The number of carbonyl (C=O) groups is 3. The Hall–Kier alpha value is -2.41. The first-order chi connectivity index (χ1) is 11.1. The van der Waals surface area contributed by atoms with Gasteiger partial charge < -0.3 is 19.9 Å². The molecule has 0 aliphatic carbocycles. The molecular formula is C16H19NO6. The van der Waals surface area contributed by atoms with Crippen molar-refractivity contribution in [3.63, 3.8) is 0 Å². The minimum Gasteiger partial charge on any atom is -0.480 e. The molecule has 1 aromatic rings. The number of benzene rings is 1. The number of hydrogen-bond donors (Lipinski definition) is 2. The Morgan fingerprint density at radius 1 is 1.30 bits per heavy atom. The Bertz CT molecular complexity index is 553. The van der Waals surface area contributed by atoms with Crippen molar-refractivity contribution in [2.75, 3.05) is 13.2 Å². The second-order valence-corrected chi connectivity index (χ2v) is 5.31. The monoisotopic (exact) mass is 321 g/mol. The van der Waals surface area contributed by atoms with Gasteiger partial charge in [-0.25, -0.2) is 4.79 Å². The number of hydrogen-bond acceptors (Lipinski definition) is 5. The van der Waals surface area contributed by atoms with E-state index in [9.17, 15) is 14.4 Å². The number of nitrogens with one attached hydrogen (secondary N) is 1. The molecule has 2 rings (SSSR count). The van der Waals surface area contributed by atoms with E-state index in [2.05, 4.69) is 5.32 Å². The molecule has 0 saturated carbocycles. The van der Waals surface area contributed by atoms with Crippen molar-refractivity contribution in [2.24, 2.45) is 5.92 Å². The first kappa shape index (κ1) is 17.0. The standard InChI is InChI=1S/C16H19NO6/c18-14(23-9-11-4-2-1-3-5-11)8-13(16(20)21)17-15(19)12-6-7-22-10-12/h1-5,12-13H,6-10H2,(H,17,19)(H,20,21)/t12-,13+/m0/s1. The largest absolute Gasteiger partial charge is 0.480 e. The van der Waals surface area contributed by atoms with Crippen molar-refractivity contribution in [1.82, 2.24) is 5.32 Å². The first-order valence-electron chi connectivity index (χ1n) is 7.36. The van der Waals surface area contributed by atoms with Gasteiger partial charge in [-0.05, 0) is 12.0 Å². The smallest absolute Gasteiger partial charge is 0.326 e. The van der Waals surface area contributed by atoms with Crippen molar-refractivity contribution in [1.29, 1.82) is 0 Å². The Morgan fingerprint density at radius 3 is 2.65 bits per heavy atom. The van der Waals surface area contributed by atoms with E-state index < -0.39 is 30.3 Å². The zero-order valence-electron chi connectivity index (χ0n) is 12.6. The van der Waals surface area contributed by atoms with Gasteiger partial charge >= 0.3 is 11.9 Å². The Morgan fingerprint density at radius 2 is 2.04 bits per heavy atom. The van der Waals surface area contributed by atoms with Crippen LogP contribution in [0, 0.1) is 5.92 Å². The van der Waals surface area contributed by atoms with E-state index in [1.165, 1.54) is 0 Å². The highest BCUT2D eigenvalue weighted by molar-refractivity contribution is 5.88. The van der Waals surface area contributed by atoms with Crippen molar-refractivity contribution >= 4 is 17.8 Å². The van der Waals surface area contributed by atoms with Gasteiger partial charge in [0.05, 0.1) is 18.9 Å². The normalized spacial score (nSPS) is 18.2. The van der Waals surface area contributed by atoms with Crippen LogP contribution < -0.4 is 5.32 Å². The Kier molecular flexibility index (Phi) is 6.10. The minimum atomic E-state index is -1.30. The average molecular weight is 321 g/mol. The summed E-state index contributed by atoms with van der Waals surface area (Å²) in [5.41, 5.74) is 0.805. The zero-order chi connectivity index (χ0) is 16.7. The maximum atomic E-state index is 11.9. The van der Waals surface area contributed by atoms with E-state index in [1.807, 2.05) is 18.2 Å². The molecule has 23 heavy (non-hydrogen) atoms. The van der Waals surface area contributed by atoms with E-state index in [4.69, 9.17) is 14.6 Å². The van der Waals surface area contributed by atoms with E-state index in [-0.39, 0.29) is 19.1 Å². The van der Waals surface area contributed by atoms with Gasteiger partial charge in [0, 0.05) is 6.61 Å². The van der Waals surface area contributed by atoms with E-state index in [0.29, 0.717) is 13.0 Å². The van der Waals surface area contributed by atoms with Crippen LogP contribution in [0.15, 0.2) is 30.3 Å². The second-order valence-electron chi connectivity index (χ2n) is 5.31. The molecular weight excluding hydrogens is 302 g/mol. The van der Waals surface area contributed by atoms with Crippen LogP contribution in [-0.2, 0) is 30.5 Å². The molecule has 1 fully saturated rings. The molecule has 1 aliphatic rings. The van der Waals surface area contributed by atoms with Gasteiger partial charge in [0.25, 0.3) is 0 Å². The average Bonchev–Trinajstić information content (AvgIpc) is 3.07. The highest BCUT2D eigenvalue weighted by Crippen LogP contribution is 2.13. The number of carboxylic acids is 1. The fraction of sp³-hybridized carbons (Fsp3) is 0.438. The summed E-state index contributed by atoms with van der Waals surface area (Å²) < 4.78 is 10.1. The Balaban J connectivity index is 1.82. The molecule has 0 bridgehead atoms. The summed E-state index contributed by atoms with van der Waals surface area (Å²) >= 11 is 0. The number of carboxylic acid groups (broad SMARTS) is 1. The van der Waals surface area contributed by atoms with Gasteiger partial charge in [0.1, 0.15) is 12.6 Å². The summed E-state index contributed by atoms with van der Waals surface area (Å²) in [6.07, 6.45) is 0.137. The van der Waals surface area contributed by atoms with Crippen LogP contribution in [0.4, 0.5) is 0 Å². The van der Waals surface area contributed by atoms with E-state index in [1.54, 1.807) is 12.1 Å². The summed E-state index contributed by atoms with van der Waals surface area (Å²) in [5, 5.41) is 11.5. The van der Waals surface area contributed by atoms with Gasteiger partial charge in [-0.2, -0.15) is 0 Å².